The number of hydrogen-bond acceptors (Lipinski definition) is 2. The van der Waals surface area contributed by atoms with Gasteiger partial charge in [0, 0.05) is 17.5 Å². The molecule has 1 saturated heterocycles. The van der Waals surface area contributed by atoms with Crippen LogP contribution in [0.25, 0.3) is 11.1 Å². The standard InChI is InChI=1S/C28H31N2O/c1-2-22-11-13-25(14-12-22)27-21-28(31,30-20-8-4-7-19-29(27)30)26-17-15-24(16-18-26)23-9-5-3-6-10-23/h3,5-6,9-18,31H,2,4,7-8,19-21H2,1H3/q+1. The summed E-state index contributed by atoms with van der Waals surface area (Å²) in [7, 11) is 0. The fraction of sp³-hybridized carbons (Fsp3) is 0.321. The summed E-state index contributed by atoms with van der Waals surface area (Å²) in [4.78, 5) is 0. The normalized spacial score (nSPS) is 21.2. The molecule has 5 rings (SSSR count). The van der Waals surface area contributed by atoms with Crippen molar-refractivity contribution >= 4 is 5.71 Å². The van der Waals surface area contributed by atoms with Crippen LogP contribution in [0.3, 0.4) is 0 Å². The number of benzene rings is 3. The van der Waals surface area contributed by atoms with E-state index in [2.05, 4.69) is 89.4 Å². The minimum absolute atomic E-state index is 0.614. The van der Waals surface area contributed by atoms with E-state index in [1.165, 1.54) is 34.4 Å². The van der Waals surface area contributed by atoms with Gasteiger partial charge in [0.2, 0.25) is 11.4 Å². The Bertz CT molecular complexity index is 1070. The van der Waals surface area contributed by atoms with Crippen molar-refractivity contribution in [1.29, 1.82) is 0 Å². The van der Waals surface area contributed by atoms with Gasteiger partial charge in [0.1, 0.15) is 0 Å². The molecule has 31 heavy (non-hydrogen) atoms. The molecular weight excluding hydrogens is 380 g/mol. The van der Waals surface area contributed by atoms with Crippen LogP contribution in [0.2, 0.25) is 0 Å². The molecule has 0 bridgehead atoms. The van der Waals surface area contributed by atoms with Gasteiger partial charge in [0.25, 0.3) is 0 Å². The summed E-state index contributed by atoms with van der Waals surface area (Å²) in [5, 5.41) is 14.3. The van der Waals surface area contributed by atoms with E-state index in [0.717, 1.165) is 37.9 Å². The third-order valence-electron chi connectivity index (χ3n) is 6.83. The number of rotatable bonds is 4. The molecule has 0 aromatic heterocycles. The lowest BCUT2D eigenvalue weighted by molar-refractivity contribution is -0.706. The molecule has 2 aliphatic rings. The van der Waals surface area contributed by atoms with Crippen molar-refractivity contribution in [3.05, 3.63) is 95.6 Å². The molecule has 1 fully saturated rings. The smallest absolute Gasteiger partial charge is 0.225 e. The summed E-state index contributed by atoms with van der Waals surface area (Å²) in [6, 6.07) is 27.8. The van der Waals surface area contributed by atoms with Gasteiger partial charge in [-0.25, -0.2) is 0 Å². The maximum atomic E-state index is 12.0. The Morgan fingerprint density at radius 2 is 1.48 bits per heavy atom. The first-order valence-electron chi connectivity index (χ1n) is 11.6. The van der Waals surface area contributed by atoms with Gasteiger partial charge >= 0.3 is 0 Å². The lowest BCUT2D eigenvalue weighted by Gasteiger charge is -2.30. The van der Waals surface area contributed by atoms with Gasteiger partial charge < -0.3 is 5.11 Å². The number of aliphatic hydroxyl groups is 1. The first-order valence-corrected chi connectivity index (χ1v) is 11.6. The number of fused-ring (bicyclic) bond motifs is 1. The van der Waals surface area contributed by atoms with Gasteiger partial charge in [0.15, 0.2) is 6.54 Å². The number of aryl methyl sites for hydroxylation is 1. The number of hydrazone groups is 1. The van der Waals surface area contributed by atoms with Gasteiger partial charge in [-0.15, -0.1) is 9.69 Å². The number of hydrogen-bond donors (Lipinski definition) is 1. The molecule has 0 aliphatic carbocycles. The van der Waals surface area contributed by atoms with Crippen molar-refractivity contribution in [3.8, 4) is 11.1 Å². The summed E-state index contributed by atoms with van der Waals surface area (Å²) < 4.78 is 2.36. The second-order valence-corrected chi connectivity index (χ2v) is 8.74. The maximum absolute atomic E-state index is 12.0. The molecule has 158 valence electrons. The average molecular weight is 412 g/mol. The van der Waals surface area contributed by atoms with Crippen LogP contribution in [-0.2, 0) is 12.1 Å². The van der Waals surface area contributed by atoms with Gasteiger partial charge in [-0.05, 0) is 48.1 Å². The molecule has 3 nitrogen and oxygen atoms in total. The van der Waals surface area contributed by atoms with E-state index in [9.17, 15) is 5.11 Å². The van der Waals surface area contributed by atoms with Crippen LogP contribution in [0.4, 0.5) is 0 Å². The Labute approximate surface area is 185 Å². The molecule has 1 N–H and O–H groups in total. The second-order valence-electron chi connectivity index (χ2n) is 8.74. The zero-order valence-electron chi connectivity index (χ0n) is 18.3. The van der Waals surface area contributed by atoms with Crippen molar-refractivity contribution in [2.45, 2.75) is 44.8 Å². The second kappa shape index (κ2) is 8.32. The summed E-state index contributed by atoms with van der Waals surface area (Å²) >= 11 is 0. The zero-order chi connectivity index (χ0) is 21.3. The molecule has 0 radical (unpaired) electrons. The van der Waals surface area contributed by atoms with E-state index in [1.807, 2.05) is 6.07 Å². The van der Waals surface area contributed by atoms with E-state index < -0.39 is 5.72 Å². The van der Waals surface area contributed by atoms with Crippen LogP contribution in [0.15, 0.2) is 78.9 Å². The Morgan fingerprint density at radius 3 is 2.19 bits per heavy atom. The minimum atomic E-state index is -1.00. The monoisotopic (exact) mass is 411 g/mol. The van der Waals surface area contributed by atoms with Crippen molar-refractivity contribution in [2.24, 2.45) is 0 Å². The average Bonchev–Trinajstić information content (AvgIpc) is 2.97. The molecule has 0 spiro atoms. The highest BCUT2D eigenvalue weighted by atomic mass is 16.3. The number of nitrogens with zero attached hydrogens (tertiary/aromatic N) is 2. The largest absolute Gasteiger partial charge is 0.362 e. The molecule has 2 heterocycles. The molecule has 3 aromatic rings. The predicted molar refractivity (Wildman–Crippen MR) is 126 cm³/mol. The molecule has 2 aliphatic heterocycles. The first kappa shape index (κ1) is 20.0. The lowest BCUT2D eigenvalue weighted by Crippen LogP contribution is -2.46. The summed E-state index contributed by atoms with van der Waals surface area (Å²) in [6.45, 7) is 4.04. The van der Waals surface area contributed by atoms with Crippen molar-refractivity contribution in [3.63, 3.8) is 0 Å². The SMILES string of the molecule is CCc1ccc(C2=[N+]3CCCCCN3C(O)(c3ccc(-c4ccccc4)cc3)C2)cc1. The molecule has 1 atom stereocenters. The van der Waals surface area contributed by atoms with Crippen LogP contribution >= 0.6 is 0 Å². The summed E-state index contributed by atoms with van der Waals surface area (Å²) in [6.07, 6.45) is 5.14. The molecular formula is C28H31N2O+. The van der Waals surface area contributed by atoms with Gasteiger partial charge in [0.05, 0.1) is 13.0 Å². The van der Waals surface area contributed by atoms with Gasteiger partial charge in [-0.2, -0.15) is 0 Å². The minimum Gasteiger partial charge on any atom is -0.362 e. The van der Waals surface area contributed by atoms with Crippen LogP contribution < -0.4 is 0 Å². The molecule has 1 unspecified atom stereocenters. The highest BCUT2D eigenvalue weighted by molar-refractivity contribution is 5.98. The number of hydrazine groups is 1. The van der Waals surface area contributed by atoms with Crippen molar-refractivity contribution in [1.82, 2.24) is 5.01 Å². The third kappa shape index (κ3) is 3.68. The topological polar surface area (TPSA) is 26.5 Å². The van der Waals surface area contributed by atoms with E-state index in [-0.39, 0.29) is 0 Å². The van der Waals surface area contributed by atoms with Crippen LogP contribution in [0.1, 0.15) is 49.3 Å². The fourth-order valence-corrected chi connectivity index (χ4v) is 5.02. The highest BCUT2D eigenvalue weighted by Crippen LogP contribution is 2.38. The molecule has 0 amide bonds. The van der Waals surface area contributed by atoms with Crippen LogP contribution in [0, 0.1) is 0 Å². The van der Waals surface area contributed by atoms with E-state index in [1.54, 1.807) is 0 Å². The van der Waals surface area contributed by atoms with Crippen molar-refractivity contribution in [2.75, 3.05) is 13.1 Å². The van der Waals surface area contributed by atoms with E-state index in [0.29, 0.717) is 6.42 Å². The first-order chi connectivity index (χ1) is 15.2. The van der Waals surface area contributed by atoms with Crippen molar-refractivity contribution < 1.29 is 9.79 Å². The third-order valence-corrected chi connectivity index (χ3v) is 6.83. The van der Waals surface area contributed by atoms with E-state index in [4.69, 9.17) is 0 Å². The quantitative estimate of drug-likeness (QED) is 0.585. The highest BCUT2D eigenvalue weighted by Gasteiger charge is 2.52. The molecule has 3 aromatic carbocycles. The van der Waals surface area contributed by atoms with Gasteiger partial charge in [-0.3, -0.25) is 0 Å². The maximum Gasteiger partial charge on any atom is 0.225 e. The Morgan fingerprint density at radius 1 is 0.806 bits per heavy atom. The Hall–Kier alpha value is -2.91. The Balaban J connectivity index is 1.51. The predicted octanol–water partition coefficient (Wildman–Crippen LogP) is 5.37. The van der Waals surface area contributed by atoms with E-state index >= 15 is 0 Å². The molecule has 0 saturated carbocycles. The zero-order valence-corrected chi connectivity index (χ0v) is 18.3. The van der Waals surface area contributed by atoms with Gasteiger partial charge in [-0.1, -0.05) is 73.7 Å². The fourth-order valence-electron chi connectivity index (χ4n) is 5.02. The Kier molecular flexibility index (Phi) is 5.37. The van der Waals surface area contributed by atoms with Crippen LogP contribution in [-0.4, -0.2) is 33.6 Å². The van der Waals surface area contributed by atoms with Crippen LogP contribution in [0.5, 0.6) is 0 Å². The molecule has 3 heteroatoms. The lowest BCUT2D eigenvalue weighted by atomic mass is 9.92. The summed E-state index contributed by atoms with van der Waals surface area (Å²) in [5.41, 5.74) is 6.16. The summed E-state index contributed by atoms with van der Waals surface area (Å²) in [5.74, 6) is 0.